The molecule has 19 heavy (non-hydrogen) atoms. The molecule has 0 aromatic carbocycles. The van der Waals surface area contributed by atoms with Gasteiger partial charge >= 0.3 is 0 Å². The number of likely N-dealkylation sites (tertiary alicyclic amines) is 1. The Balaban J connectivity index is 1.76. The van der Waals surface area contributed by atoms with Crippen LogP contribution in [0.2, 0.25) is 0 Å². The van der Waals surface area contributed by atoms with Crippen molar-refractivity contribution in [1.82, 2.24) is 10.2 Å². The average Bonchev–Trinajstić information content (AvgIpc) is 3.06. The van der Waals surface area contributed by atoms with Gasteiger partial charge in [0.25, 0.3) is 0 Å². The summed E-state index contributed by atoms with van der Waals surface area (Å²) in [4.78, 5) is 14.2. The number of carbonyl (C=O) groups is 1. The first-order valence-corrected chi connectivity index (χ1v) is 6.85. The van der Waals surface area contributed by atoms with Crippen LogP contribution in [0.4, 0.5) is 0 Å². The quantitative estimate of drug-likeness (QED) is 0.806. The molecule has 1 saturated heterocycles. The van der Waals surface area contributed by atoms with E-state index in [2.05, 4.69) is 10.2 Å². The van der Waals surface area contributed by atoms with Gasteiger partial charge in [-0.1, -0.05) is 0 Å². The minimum absolute atomic E-state index is 0.0287. The molecular formula is C14H22N2O3. The number of hydrogen-bond acceptors (Lipinski definition) is 4. The molecule has 0 bridgehead atoms. The van der Waals surface area contributed by atoms with Crippen molar-refractivity contribution in [3.63, 3.8) is 0 Å². The summed E-state index contributed by atoms with van der Waals surface area (Å²) in [7, 11) is 0. The Bertz CT molecular complexity index is 391. The van der Waals surface area contributed by atoms with Gasteiger partial charge in [-0.15, -0.1) is 0 Å². The van der Waals surface area contributed by atoms with Gasteiger partial charge in [-0.25, -0.2) is 0 Å². The highest BCUT2D eigenvalue weighted by Gasteiger charge is 2.29. The second kappa shape index (κ2) is 6.73. The Hall–Kier alpha value is -1.33. The van der Waals surface area contributed by atoms with Gasteiger partial charge in [0.2, 0.25) is 5.91 Å². The maximum absolute atomic E-state index is 12.0. The number of nitrogens with zero attached hydrogens (tertiary/aromatic N) is 1. The van der Waals surface area contributed by atoms with Crippen LogP contribution in [0.1, 0.15) is 25.5 Å². The highest BCUT2D eigenvalue weighted by atomic mass is 16.3. The van der Waals surface area contributed by atoms with E-state index in [9.17, 15) is 4.79 Å². The lowest BCUT2D eigenvalue weighted by Gasteiger charge is -2.23. The fourth-order valence-electron chi connectivity index (χ4n) is 2.53. The molecule has 1 fully saturated rings. The van der Waals surface area contributed by atoms with Crippen LogP contribution in [-0.4, -0.2) is 41.7 Å². The molecule has 1 amide bonds. The summed E-state index contributed by atoms with van der Waals surface area (Å²) >= 11 is 0. The van der Waals surface area contributed by atoms with E-state index < -0.39 is 0 Å². The van der Waals surface area contributed by atoms with E-state index in [0.29, 0.717) is 12.5 Å². The average molecular weight is 266 g/mol. The largest absolute Gasteiger partial charge is 0.467 e. The lowest BCUT2D eigenvalue weighted by atomic mass is 10.1. The molecule has 0 aliphatic carbocycles. The predicted octanol–water partition coefficient (Wildman–Crippen LogP) is 0.989. The molecule has 2 atom stereocenters. The lowest BCUT2D eigenvalue weighted by Crippen LogP contribution is -2.43. The third-order valence-electron chi connectivity index (χ3n) is 3.80. The number of rotatable bonds is 6. The Morgan fingerprint density at radius 3 is 3.21 bits per heavy atom. The molecule has 0 spiro atoms. The third kappa shape index (κ3) is 3.81. The SMILES string of the molecule is CC(C(=O)NCc1ccco1)N1CCC(CCO)C1. The summed E-state index contributed by atoms with van der Waals surface area (Å²) < 4.78 is 5.18. The molecular weight excluding hydrogens is 244 g/mol. The fraction of sp³-hybridized carbons (Fsp3) is 0.643. The number of hydrogen-bond donors (Lipinski definition) is 2. The van der Waals surface area contributed by atoms with Crippen LogP contribution in [0, 0.1) is 5.92 Å². The summed E-state index contributed by atoms with van der Waals surface area (Å²) in [6.45, 7) is 4.43. The van der Waals surface area contributed by atoms with Crippen LogP contribution in [0.5, 0.6) is 0 Å². The molecule has 1 aliphatic rings. The predicted molar refractivity (Wildman–Crippen MR) is 71.4 cm³/mol. The number of carbonyl (C=O) groups excluding carboxylic acids is 1. The van der Waals surface area contributed by atoms with Gasteiger partial charge in [0.1, 0.15) is 5.76 Å². The van der Waals surface area contributed by atoms with E-state index in [0.717, 1.165) is 31.7 Å². The maximum Gasteiger partial charge on any atom is 0.237 e. The molecule has 106 valence electrons. The van der Waals surface area contributed by atoms with Crippen molar-refractivity contribution in [3.05, 3.63) is 24.2 Å². The van der Waals surface area contributed by atoms with Gasteiger partial charge in [0.15, 0.2) is 0 Å². The Morgan fingerprint density at radius 1 is 1.68 bits per heavy atom. The molecule has 2 unspecified atom stereocenters. The minimum Gasteiger partial charge on any atom is -0.467 e. The number of furan rings is 1. The molecule has 5 nitrogen and oxygen atoms in total. The molecule has 1 aromatic heterocycles. The minimum atomic E-state index is -0.126. The van der Waals surface area contributed by atoms with Crippen LogP contribution >= 0.6 is 0 Å². The molecule has 2 rings (SSSR count). The summed E-state index contributed by atoms with van der Waals surface area (Å²) in [5, 5.41) is 11.8. The van der Waals surface area contributed by atoms with Crippen molar-refractivity contribution in [2.75, 3.05) is 19.7 Å². The maximum atomic E-state index is 12.0. The fourth-order valence-corrected chi connectivity index (χ4v) is 2.53. The molecule has 1 aliphatic heterocycles. The number of aliphatic hydroxyl groups excluding tert-OH is 1. The highest BCUT2D eigenvalue weighted by molar-refractivity contribution is 5.81. The van der Waals surface area contributed by atoms with Gasteiger partial charge in [0, 0.05) is 13.2 Å². The van der Waals surface area contributed by atoms with Gasteiger partial charge in [-0.05, 0) is 44.4 Å². The standard InChI is InChI=1S/C14H22N2O3/c1-11(16-6-4-12(10-16)5-7-17)14(18)15-9-13-3-2-8-19-13/h2-3,8,11-12,17H,4-7,9-10H2,1H3,(H,15,18). The summed E-state index contributed by atoms with van der Waals surface area (Å²) in [6.07, 6.45) is 3.50. The highest BCUT2D eigenvalue weighted by Crippen LogP contribution is 2.21. The monoisotopic (exact) mass is 266 g/mol. The van der Waals surface area contributed by atoms with Crippen LogP contribution in [-0.2, 0) is 11.3 Å². The zero-order valence-corrected chi connectivity index (χ0v) is 11.3. The summed E-state index contributed by atoms with van der Waals surface area (Å²) in [5.41, 5.74) is 0. The zero-order chi connectivity index (χ0) is 13.7. The van der Waals surface area contributed by atoms with Crippen molar-refractivity contribution in [2.24, 2.45) is 5.92 Å². The first kappa shape index (κ1) is 14.1. The van der Waals surface area contributed by atoms with Gasteiger partial charge in [-0.2, -0.15) is 0 Å². The normalized spacial score (nSPS) is 21.5. The first-order chi connectivity index (χ1) is 9.20. The van der Waals surface area contributed by atoms with Crippen LogP contribution < -0.4 is 5.32 Å². The first-order valence-electron chi connectivity index (χ1n) is 6.85. The van der Waals surface area contributed by atoms with Gasteiger partial charge in [0.05, 0.1) is 18.8 Å². The second-order valence-electron chi connectivity index (χ2n) is 5.14. The smallest absolute Gasteiger partial charge is 0.237 e. The Kier molecular flexibility index (Phi) is 4.99. The molecule has 2 heterocycles. The van der Waals surface area contributed by atoms with E-state index in [1.807, 2.05) is 19.1 Å². The summed E-state index contributed by atoms with van der Waals surface area (Å²) in [5.74, 6) is 1.31. The van der Waals surface area contributed by atoms with Gasteiger partial charge in [-0.3, -0.25) is 9.69 Å². The molecule has 0 radical (unpaired) electrons. The topological polar surface area (TPSA) is 65.7 Å². The van der Waals surface area contributed by atoms with Gasteiger partial charge < -0.3 is 14.8 Å². The third-order valence-corrected chi connectivity index (χ3v) is 3.80. The lowest BCUT2D eigenvalue weighted by molar-refractivity contribution is -0.125. The van der Waals surface area contributed by atoms with Crippen LogP contribution in [0.3, 0.4) is 0 Å². The van der Waals surface area contributed by atoms with E-state index in [1.165, 1.54) is 0 Å². The molecule has 0 saturated carbocycles. The van der Waals surface area contributed by atoms with E-state index in [4.69, 9.17) is 9.52 Å². The molecule has 2 N–H and O–H groups in total. The summed E-state index contributed by atoms with van der Waals surface area (Å²) in [6, 6.07) is 3.53. The second-order valence-corrected chi connectivity index (χ2v) is 5.14. The van der Waals surface area contributed by atoms with Crippen molar-refractivity contribution in [3.8, 4) is 0 Å². The number of nitrogens with one attached hydrogen (secondary N) is 1. The van der Waals surface area contributed by atoms with E-state index in [1.54, 1.807) is 6.26 Å². The number of aliphatic hydroxyl groups is 1. The van der Waals surface area contributed by atoms with Crippen molar-refractivity contribution < 1.29 is 14.3 Å². The van der Waals surface area contributed by atoms with Crippen molar-refractivity contribution >= 4 is 5.91 Å². The van der Waals surface area contributed by atoms with E-state index >= 15 is 0 Å². The van der Waals surface area contributed by atoms with Crippen LogP contribution in [0.15, 0.2) is 22.8 Å². The van der Waals surface area contributed by atoms with E-state index in [-0.39, 0.29) is 18.6 Å². The van der Waals surface area contributed by atoms with Crippen LogP contribution in [0.25, 0.3) is 0 Å². The Morgan fingerprint density at radius 2 is 2.53 bits per heavy atom. The molecule has 1 aromatic rings. The van der Waals surface area contributed by atoms with Crippen molar-refractivity contribution in [1.29, 1.82) is 0 Å². The number of amides is 1. The molecule has 5 heteroatoms. The zero-order valence-electron chi connectivity index (χ0n) is 11.3. The Labute approximate surface area is 113 Å². The van der Waals surface area contributed by atoms with Crippen molar-refractivity contribution in [2.45, 2.75) is 32.4 Å².